The average Bonchev–Trinajstić information content (AvgIpc) is 3.17. The zero-order valence-electron chi connectivity index (χ0n) is 34.0. The Hall–Kier alpha value is -2.11. The Bertz CT molecular complexity index is 1030. The van der Waals surface area contributed by atoms with Crippen LogP contribution in [0.3, 0.4) is 0 Å². The molecule has 1 aliphatic heterocycles. The van der Waals surface area contributed by atoms with Gasteiger partial charge in [0.1, 0.15) is 24.4 Å². The summed E-state index contributed by atoms with van der Waals surface area (Å²) in [5.74, 6) is -0.200. The highest BCUT2D eigenvalue weighted by Crippen LogP contribution is 2.22. The summed E-state index contributed by atoms with van der Waals surface area (Å²) >= 11 is 0. The van der Waals surface area contributed by atoms with Crippen molar-refractivity contribution in [1.82, 2.24) is 5.32 Å². The maximum atomic E-state index is 12.9. The lowest BCUT2D eigenvalue weighted by Gasteiger charge is -2.40. The molecule has 7 atom stereocenters. The van der Waals surface area contributed by atoms with Gasteiger partial charge in [0, 0.05) is 6.42 Å². The van der Waals surface area contributed by atoms with E-state index in [4.69, 9.17) is 9.47 Å². The molecule has 0 aromatic rings. The van der Waals surface area contributed by atoms with Crippen LogP contribution in [0.15, 0.2) is 60.8 Å². The highest BCUT2D eigenvalue weighted by Gasteiger charge is 2.44. The summed E-state index contributed by atoms with van der Waals surface area (Å²) in [6.45, 7) is 3.65. The van der Waals surface area contributed by atoms with Crippen molar-refractivity contribution in [3.05, 3.63) is 60.8 Å². The van der Waals surface area contributed by atoms with E-state index in [-0.39, 0.29) is 12.5 Å². The number of hydrogen-bond donors (Lipinski definition) is 6. The molecule has 0 aromatic carbocycles. The second-order valence-electron chi connectivity index (χ2n) is 14.8. The third kappa shape index (κ3) is 25.9. The van der Waals surface area contributed by atoms with Crippen LogP contribution < -0.4 is 5.32 Å². The molecule has 1 rings (SSSR count). The van der Waals surface area contributed by atoms with Crippen LogP contribution in [0.5, 0.6) is 0 Å². The molecule has 1 fully saturated rings. The lowest BCUT2D eigenvalue weighted by atomic mass is 9.99. The molecule has 0 bridgehead atoms. The Morgan fingerprint density at radius 3 is 1.70 bits per heavy atom. The Kier molecular flexibility index (Phi) is 32.6. The smallest absolute Gasteiger partial charge is 0.220 e. The molecule has 0 aliphatic carbocycles. The predicted octanol–water partition coefficient (Wildman–Crippen LogP) is 8.44. The Morgan fingerprint density at radius 1 is 0.630 bits per heavy atom. The molecule has 6 N–H and O–H groups in total. The fourth-order valence-corrected chi connectivity index (χ4v) is 6.28. The molecular weight excluding hydrogens is 682 g/mol. The summed E-state index contributed by atoms with van der Waals surface area (Å²) in [4.78, 5) is 12.9. The maximum Gasteiger partial charge on any atom is 0.220 e. The van der Waals surface area contributed by atoms with E-state index < -0.39 is 49.5 Å². The summed E-state index contributed by atoms with van der Waals surface area (Å²) in [7, 11) is 0. The van der Waals surface area contributed by atoms with E-state index in [0.29, 0.717) is 6.42 Å². The van der Waals surface area contributed by atoms with E-state index in [0.717, 1.165) is 57.8 Å². The number of rotatable bonds is 34. The molecule has 9 nitrogen and oxygen atoms in total. The molecule has 7 unspecified atom stereocenters. The number of hydrogen-bond acceptors (Lipinski definition) is 8. The second kappa shape index (κ2) is 35.3. The highest BCUT2D eigenvalue weighted by atomic mass is 16.7. The summed E-state index contributed by atoms with van der Waals surface area (Å²) in [5.41, 5.74) is 0. The summed E-state index contributed by atoms with van der Waals surface area (Å²) in [6.07, 6.45) is 38.3. The minimum Gasteiger partial charge on any atom is -0.394 e. The quantitative estimate of drug-likeness (QED) is 0.0218. The average molecular weight is 762 g/mol. The zero-order valence-corrected chi connectivity index (χ0v) is 34.0. The fourth-order valence-electron chi connectivity index (χ4n) is 6.28. The van der Waals surface area contributed by atoms with Crippen LogP contribution in [0.4, 0.5) is 0 Å². The number of allylic oxidation sites excluding steroid dienone is 9. The Morgan fingerprint density at radius 2 is 1.13 bits per heavy atom. The van der Waals surface area contributed by atoms with Crippen molar-refractivity contribution >= 4 is 5.91 Å². The topological polar surface area (TPSA) is 149 Å². The Labute approximate surface area is 328 Å². The molecule has 0 aromatic heterocycles. The van der Waals surface area contributed by atoms with Crippen molar-refractivity contribution in [1.29, 1.82) is 0 Å². The number of ether oxygens (including phenoxy) is 2. The van der Waals surface area contributed by atoms with E-state index in [1.54, 1.807) is 6.08 Å². The van der Waals surface area contributed by atoms with Gasteiger partial charge in [0.05, 0.1) is 25.4 Å². The monoisotopic (exact) mass is 762 g/mol. The molecule has 1 heterocycles. The van der Waals surface area contributed by atoms with E-state index in [9.17, 15) is 30.3 Å². The summed E-state index contributed by atoms with van der Waals surface area (Å²) < 4.78 is 11.2. The van der Waals surface area contributed by atoms with E-state index in [1.807, 2.05) is 6.08 Å². The molecule has 9 heteroatoms. The van der Waals surface area contributed by atoms with Crippen molar-refractivity contribution in [2.24, 2.45) is 0 Å². The molecular formula is C45H79NO8. The third-order valence-electron chi connectivity index (χ3n) is 9.82. The van der Waals surface area contributed by atoms with Crippen LogP contribution in [0.1, 0.15) is 162 Å². The van der Waals surface area contributed by atoms with E-state index >= 15 is 0 Å². The Balaban J connectivity index is 2.39. The molecule has 1 amide bonds. The third-order valence-corrected chi connectivity index (χ3v) is 9.82. The van der Waals surface area contributed by atoms with Crippen LogP contribution in [0.2, 0.25) is 0 Å². The molecule has 1 aliphatic rings. The first-order valence-corrected chi connectivity index (χ1v) is 21.5. The normalized spacial score (nSPS) is 22.1. The van der Waals surface area contributed by atoms with Crippen LogP contribution >= 0.6 is 0 Å². The fraction of sp³-hybridized carbons (Fsp3) is 0.756. The van der Waals surface area contributed by atoms with Gasteiger partial charge in [-0.2, -0.15) is 0 Å². The van der Waals surface area contributed by atoms with E-state index in [2.05, 4.69) is 67.8 Å². The van der Waals surface area contributed by atoms with Crippen LogP contribution in [-0.4, -0.2) is 87.5 Å². The first-order valence-electron chi connectivity index (χ1n) is 21.5. The van der Waals surface area contributed by atoms with Crippen molar-refractivity contribution in [3.8, 4) is 0 Å². The largest absolute Gasteiger partial charge is 0.394 e. The number of aliphatic hydroxyl groups is 5. The van der Waals surface area contributed by atoms with Crippen LogP contribution in [0.25, 0.3) is 0 Å². The van der Waals surface area contributed by atoms with Gasteiger partial charge in [0.25, 0.3) is 0 Å². The van der Waals surface area contributed by atoms with Gasteiger partial charge in [-0.1, -0.05) is 152 Å². The standard InChI is InChI=1S/C45H79NO8/c1-3-5-7-9-11-13-15-17-18-19-20-21-22-23-25-27-29-31-33-35-41(49)46-38(37-53-45-44(52)43(51)42(50)40(36-47)54-45)39(48)34-32-30-28-26-24-16-14-12-10-8-6-4-2/h10-13,15,17,24,26,32,34,38-40,42-45,47-48,50-52H,3-9,14,16,18-23,25,27-31,33,35-37H2,1-2H3,(H,46,49)/b12-10+,13-11-,17-15-,26-24+,34-32+. The van der Waals surface area contributed by atoms with Gasteiger partial charge in [-0.25, -0.2) is 0 Å². The minimum atomic E-state index is -1.58. The number of unbranched alkanes of at least 4 members (excludes halogenated alkanes) is 17. The highest BCUT2D eigenvalue weighted by molar-refractivity contribution is 5.76. The van der Waals surface area contributed by atoms with Gasteiger partial charge < -0.3 is 40.3 Å². The summed E-state index contributed by atoms with van der Waals surface area (Å²) in [5, 5.41) is 54.0. The lowest BCUT2D eigenvalue weighted by molar-refractivity contribution is -0.302. The van der Waals surface area contributed by atoms with Crippen molar-refractivity contribution in [3.63, 3.8) is 0 Å². The number of aliphatic hydroxyl groups excluding tert-OH is 5. The van der Waals surface area contributed by atoms with E-state index in [1.165, 1.54) is 83.5 Å². The summed E-state index contributed by atoms with van der Waals surface area (Å²) in [6, 6.07) is -0.829. The SMILES string of the molecule is CCCC/C=C/CC/C=C/CC/C=C/C(O)C(COC1OC(CO)C(O)C(O)C1O)NC(=O)CCCCCCCCCCCC/C=C\C=C/CCCCC. The molecule has 1 saturated heterocycles. The van der Waals surface area contributed by atoms with Crippen molar-refractivity contribution in [2.75, 3.05) is 13.2 Å². The molecule has 0 saturated carbocycles. The number of amides is 1. The van der Waals surface area contributed by atoms with Gasteiger partial charge in [0.15, 0.2) is 6.29 Å². The van der Waals surface area contributed by atoms with Gasteiger partial charge in [-0.3, -0.25) is 4.79 Å². The predicted molar refractivity (Wildman–Crippen MR) is 221 cm³/mol. The zero-order chi connectivity index (χ0) is 39.5. The molecule has 0 radical (unpaired) electrons. The molecule has 54 heavy (non-hydrogen) atoms. The number of carbonyl (C=O) groups is 1. The van der Waals surface area contributed by atoms with Crippen LogP contribution in [-0.2, 0) is 14.3 Å². The molecule has 312 valence electrons. The van der Waals surface area contributed by atoms with Gasteiger partial charge >= 0.3 is 0 Å². The van der Waals surface area contributed by atoms with Gasteiger partial charge in [-0.05, 0) is 64.2 Å². The lowest BCUT2D eigenvalue weighted by Crippen LogP contribution is -2.60. The van der Waals surface area contributed by atoms with Crippen molar-refractivity contribution < 1.29 is 39.8 Å². The second-order valence-corrected chi connectivity index (χ2v) is 14.8. The van der Waals surface area contributed by atoms with Crippen LogP contribution in [0, 0.1) is 0 Å². The first kappa shape index (κ1) is 49.9. The maximum absolute atomic E-state index is 12.9. The molecule has 0 spiro atoms. The minimum absolute atomic E-state index is 0.200. The first-order chi connectivity index (χ1) is 26.3. The number of nitrogens with one attached hydrogen (secondary N) is 1. The van der Waals surface area contributed by atoms with Gasteiger partial charge in [0.2, 0.25) is 5.91 Å². The number of carbonyl (C=O) groups excluding carboxylic acids is 1. The van der Waals surface area contributed by atoms with Crippen molar-refractivity contribution in [2.45, 2.75) is 204 Å². The van der Waals surface area contributed by atoms with Gasteiger partial charge in [-0.15, -0.1) is 0 Å².